The first-order valence-corrected chi connectivity index (χ1v) is 6.31. The summed E-state index contributed by atoms with van der Waals surface area (Å²) in [7, 11) is 0. The molecule has 18 heavy (non-hydrogen) atoms. The van der Waals surface area contributed by atoms with E-state index >= 15 is 0 Å². The lowest BCUT2D eigenvalue weighted by Gasteiger charge is -2.08. The van der Waals surface area contributed by atoms with Gasteiger partial charge in [0.1, 0.15) is 6.61 Å². The van der Waals surface area contributed by atoms with E-state index in [9.17, 15) is 4.79 Å². The molecule has 0 unspecified atom stereocenters. The van der Waals surface area contributed by atoms with Gasteiger partial charge < -0.3 is 15.2 Å². The van der Waals surface area contributed by atoms with Crippen LogP contribution in [0.3, 0.4) is 0 Å². The summed E-state index contributed by atoms with van der Waals surface area (Å²) in [5.41, 5.74) is 6.11. The van der Waals surface area contributed by atoms with Crippen LogP contribution in [0.2, 0.25) is 10.0 Å². The molecule has 0 spiro atoms. The molecule has 0 aliphatic rings. The normalized spacial score (nSPS) is 10.4. The molecule has 0 aliphatic heterocycles. The van der Waals surface area contributed by atoms with Crippen LogP contribution in [-0.4, -0.2) is 25.8 Å². The fourth-order valence-electron chi connectivity index (χ4n) is 1.28. The van der Waals surface area contributed by atoms with Crippen molar-refractivity contribution >= 4 is 34.9 Å². The Labute approximate surface area is 116 Å². The third-order valence-corrected chi connectivity index (χ3v) is 2.88. The van der Waals surface area contributed by atoms with Gasteiger partial charge in [-0.2, -0.15) is 0 Å². The number of nitrogen functional groups attached to an aromatic ring is 1. The first kappa shape index (κ1) is 15.1. The molecule has 0 radical (unpaired) electrons. The van der Waals surface area contributed by atoms with E-state index in [1.807, 2.05) is 6.92 Å². The molecular weight excluding hydrogens is 277 g/mol. The summed E-state index contributed by atoms with van der Waals surface area (Å²) in [6.07, 6.45) is 0.921. The van der Waals surface area contributed by atoms with Gasteiger partial charge in [-0.1, -0.05) is 30.1 Å². The van der Waals surface area contributed by atoms with E-state index in [1.54, 1.807) is 0 Å². The second kappa shape index (κ2) is 7.46. The Balaban J connectivity index is 2.56. The van der Waals surface area contributed by atoms with Crippen molar-refractivity contribution in [3.05, 3.63) is 27.7 Å². The van der Waals surface area contributed by atoms with Gasteiger partial charge in [-0.25, -0.2) is 4.79 Å². The molecule has 4 nitrogen and oxygen atoms in total. The van der Waals surface area contributed by atoms with Gasteiger partial charge >= 0.3 is 5.97 Å². The number of halogens is 2. The monoisotopic (exact) mass is 291 g/mol. The van der Waals surface area contributed by atoms with Gasteiger partial charge in [-0.05, 0) is 18.6 Å². The second-order valence-corrected chi connectivity index (χ2v) is 4.40. The number of nitrogens with two attached hydrogens (primary N) is 1. The standard InChI is InChI=1S/C12H15Cl2NO3/c1-2-3-17-4-5-18-12(16)9-6-8(15)7-10(13)11(9)14/h6-7H,2-5,15H2,1H3. The highest BCUT2D eigenvalue weighted by atomic mass is 35.5. The zero-order valence-corrected chi connectivity index (χ0v) is 11.6. The van der Waals surface area contributed by atoms with Crippen LogP contribution < -0.4 is 5.73 Å². The molecule has 6 heteroatoms. The molecule has 2 N–H and O–H groups in total. The first-order chi connectivity index (χ1) is 8.56. The fourth-order valence-corrected chi connectivity index (χ4v) is 1.69. The van der Waals surface area contributed by atoms with Crippen LogP contribution in [0.4, 0.5) is 5.69 Å². The van der Waals surface area contributed by atoms with Crippen LogP contribution in [-0.2, 0) is 9.47 Å². The highest BCUT2D eigenvalue weighted by Crippen LogP contribution is 2.29. The zero-order chi connectivity index (χ0) is 13.5. The van der Waals surface area contributed by atoms with Crippen molar-refractivity contribution in [2.75, 3.05) is 25.6 Å². The van der Waals surface area contributed by atoms with Crippen LogP contribution in [0.15, 0.2) is 12.1 Å². The number of esters is 1. The number of benzene rings is 1. The van der Waals surface area contributed by atoms with E-state index in [2.05, 4.69) is 0 Å². The second-order valence-electron chi connectivity index (χ2n) is 3.61. The molecule has 0 heterocycles. The van der Waals surface area contributed by atoms with Crippen molar-refractivity contribution in [1.82, 2.24) is 0 Å². The van der Waals surface area contributed by atoms with Gasteiger partial charge in [0.05, 0.1) is 22.2 Å². The van der Waals surface area contributed by atoms with Crippen LogP contribution in [0, 0.1) is 0 Å². The van der Waals surface area contributed by atoms with Gasteiger partial charge in [0.15, 0.2) is 0 Å². The van der Waals surface area contributed by atoms with E-state index in [0.29, 0.717) is 18.9 Å². The van der Waals surface area contributed by atoms with Crippen molar-refractivity contribution in [1.29, 1.82) is 0 Å². The van der Waals surface area contributed by atoms with E-state index in [0.717, 1.165) is 6.42 Å². The first-order valence-electron chi connectivity index (χ1n) is 5.55. The van der Waals surface area contributed by atoms with Crippen molar-refractivity contribution in [3.8, 4) is 0 Å². The van der Waals surface area contributed by atoms with E-state index in [4.69, 9.17) is 38.4 Å². The predicted octanol–water partition coefficient (Wildman–Crippen LogP) is 3.16. The molecule has 0 saturated heterocycles. The Morgan fingerprint density at radius 3 is 2.67 bits per heavy atom. The zero-order valence-electron chi connectivity index (χ0n) is 10.0. The average Bonchev–Trinajstić information content (AvgIpc) is 2.33. The highest BCUT2D eigenvalue weighted by molar-refractivity contribution is 6.44. The summed E-state index contributed by atoms with van der Waals surface area (Å²) in [6, 6.07) is 2.91. The average molecular weight is 292 g/mol. The SMILES string of the molecule is CCCOCCOC(=O)c1cc(N)cc(Cl)c1Cl. The number of carbonyl (C=O) groups excluding carboxylic acids is 1. The highest BCUT2D eigenvalue weighted by Gasteiger charge is 2.15. The van der Waals surface area contributed by atoms with E-state index in [-0.39, 0.29) is 22.2 Å². The van der Waals surface area contributed by atoms with Crippen molar-refractivity contribution < 1.29 is 14.3 Å². The molecule has 0 fully saturated rings. The van der Waals surface area contributed by atoms with Gasteiger partial charge in [0, 0.05) is 12.3 Å². The molecule has 1 aromatic rings. The summed E-state index contributed by atoms with van der Waals surface area (Å²) >= 11 is 11.7. The molecule has 1 rings (SSSR count). The number of anilines is 1. The molecule has 0 bridgehead atoms. The van der Waals surface area contributed by atoms with Crippen LogP contribution in [0.1, 0.15) is 23.7 Å². The molecule has 0 amide bonds. The van der Waals surface area contributed by atoms with E-state index < -0.39 is 5.97 Å². The Kier molecular flexibility index (Phi) is 6.25. The Morgan fingerprint density at radius 2 is 2.00 bits per heavy atom. The maximum atomic E-state index is 11.7. The summed E-state index contributed by atoms with van der Waals surface area (Å²) in [5.74, 6) is -0.561. The van der Waals surface area contributed by atoms with E-state index in [1.165, 1.54) is 12.1 Å². The smallest absolute Gasteiger partial charge is 0.339 e. The Morgan fingerprint density at radius 1 is 1.28 bits per heavy atom. The Hall–Kier alpha value is -0.970. The predicted molar refractivity (Wildman–Crippen MR) is 72.3 cm³/mol. The van der Waals surface area contributed by atoms with Crippen molar-refractivity contribution in [2.45, 2.75) is 13.3 Å². The lowest BCUT2D eigenvalue weighted by atomic mass is 10.2. The van der Waals surface area contributed by atoms with Gasteiger partial charge in [0.25, 0.3) is 0 Å². The van der Waals surface area contributed by atoms with Gasteiger partial charge in [-0.15, -0.1) is 0 Å². The van der Waals surface area contributed by atoms with Crippen molar-refractivity contribution in [2.24, 2.45) is 0 Å². The summed E-state index contributed by atoms with van der Waals surface area (Å²) in [6.45, 7) is 3.16. The summed E-state index contributed by atoms with van der Waals surface area (Å²) < 4.78 is 10.2. The van der Waals surface area contributed by atoms with Crippen LogP contribution in [0.5, 0.6) is 0 Å². The molecule has 0 saturated carbocycles. The van der Waals surface area contributed by atoms with Crippen LogP contribution >= 0.6 is 23.2 Å². The topological polar surface area (TPSA) is 61.5 Å². The quantitative estimate of drug-likeness (QED) is 0.497. The molecule has 0 atom stereocenters. The van der Waals surface area contributed by atoms with Gasteiger partial charge in [0.2, 0.25) is 0 Å². The van der Waals surface area contributed by atoms with Gasteiger partial charge in [-0.3, -0.25) is 0 Å². The lowest BCUT2D eigenvalue weighted by Crippen LogP contribution is -2.12. The number of carbonyl (C=O) groups is 1. The number of hydrogen-bond donors (Lipinski definition) is 1. The minimum absolute atomic E-state index is 0.144. The minimum atomic E-state index is -0.561. The summed E-state index contributed by atoms with van der Waals surface area (Å²) in [4.78, 5) is 11.7. The minimum Gasteiger partial charge on any atom is -0.460 e. The molecular formula is C12H15Cl2NO3. The van der Waals surface area contributed by atoms with Crippen LogP contribution in [0.25, 0.3) is 0 Å². The third kappa shape index (κ3) is 4.37. The molecule has 0 aliphatic carbocycles. The fraction of sp³-hybridized carbons (Fsp3) is 0.417. The number of ether oxygens (including phenoxy) is 2. The van der Waals surface area contributed by atoms with Crippen molar-refractivity contribution in [3.63, 3.8) is 0 Å². The lowest BCUT2D eigenvalue weighted by molar-refractivity contribution is 0.0319. The maximum absolute atomic E-state index is 11.7. The maximum Gasteiger partial charge on any atom is 0.339 e. The number of hydrogen-bond acceptors (Lipinski definition) is 4. The number of rotatable bonds is 6. The largest absolute Gasteiger partial charge is 0.460 e. The molecule has 1 aromatic carbocycles. The molecule has 100 valence electrons. The molecule has 0 aromatic heterocycles. The summed E-state index contributed by atoms with van der Waals surface area (Å²) in [5, 5.41) is 0.371. The Bertz CT molecular complexity index is 424. The third-order valence-electron chi connectivity index (χ3n) is 2.08.